The van der Waals surface area contributed by atoms with Crippen molar-refractivity contribution in [2.75, 3.05) is 50.5 Å². The molecule has 0 unspecified atom stereocenters. The molecule has 30 heavy (non-hydrogen) atoms. The van der Waals surface area contributed by atoms with E-state index in [1.807, 2.05) is 24.3 Å². The average molecular weight is 414 g/mol. The van der Waals surface area contributed by atoms with Crippen molar-refractivity contribution >= 4 is 28.9 Å². The summed E-state index contributed by atoms with van der Waals surface area (Å²) in [4.78, 5) is 38.6. The van der Waals surface area contributed by atoms with E-state index in [0.29, 0.717) is 26.2 Å². The molecule has 1 fully saturated rings. The first-order valence-corrected chi connectivity index (χ1v) is 9.27. The maximum absolute atomic E-state index is 12.4. The number of nitro groups is 1. The van der Waals surface area contributed by atoms with Crippen LogP contribution in [0.15, 0.2) is 42.5 Å². The van der Waals surface area contributed by atoms with E-state index in [-0.39, 0.29) is 22.8 Å². The Hall–Kier alpha value is -3.82. The molecule has 0 aliphatic carbocycles. The van der Waals surface area contributed by atoms with Crippen LogP contribution in [0.25, 0.3) is 0 Å². The van der Waals surface area contributed by atoms with Gasteiger partial charge in [0.1, 0.15) is 5.75 Å². The molecule has 10 heteroatoms. The number of anilines is 2. The van der Waals surface area contributed by atoms with Gasteiger partial charge in [0.25, 0.3) is 11.6 Å². The van der Waals surface area contributed by atoms with Gasteiger partial charge in [-0.25, -0.2) is 4.79 Å². The normalized spacial score (nSPS) is 13.6. The number of nitrogens with two attached hydrogens (primary N) is 1. The summed E-state index contributed by atoms with van der Waals surface area (Å²) in [6.07, 6.45) is 0. The highest BCUT2D eigenvalue weighted by molar-refractivity contribution is 5.97. The summed E-state index contributed by atoms with van der Waals surface area (Å²) in [5, 5.41) is 10.9. The third kappa shape index (κ3) is 4.59. The molecule has 1 saturated heterocycles. The van der Waals surface area contributed by atoms with Gasteiger partial charge in [-0.15, -0.1) is 0 Å². The molecule has 2 N–H and O–H groups in total. The number of nitrogen functional groups attached to an aromatic ring is 1. The van der Waals surface area contributed by atoms with Crippen LogP contribution >= 0.6 is 0 Å². The van der Waals surface area contributed by atoms with Crippen molar-refractivity contribution in [3.8, 4) is 5.75 Å². The van der Waals surface area contributed by atoms with E-state index in [1.54, 1.807) is 12.0 Å². The Morgan fingerprint density at radius 2 is 1.83 bits per heavy atom. The molecule has 0 spiro atoms. The molecule has 2 aromatic rings. The Kier molecular flexibility index (Phi) is 6.35. The third-order valence-electron chi connectivity index (χ3n) is 4.85. The lowest BCUT2D eigenvalue weighted by atomic mass is 10.1. The molecule has 0 bridgehead atoms. The summed E-state index contributed by atoms with van der Waals surface area (Å²) in [6, 6.07) is 11.1. The minimum atomic E-state index is -0.878. The number of para-hydroxylation sites is 2. The van der Waals surface area contributed by atoms with Crippen molar-refractivity contribution in [3.05, 3.63) is 58.1 Å². The monoisotopic (exact) mass is 414 g/mol. The largest absolute Gasteiger partial charge is 0.495 e. The number of piperazine rings is 1. The number of carbonyl (C=O) groups excluding carboxylic acids is 2. The Labute approximate surface area is 172 Å². The topological polar surface area (TPSA) is 128 Å². The zero-order chi connectivity index (χ0) is 21.7. The zero-order valence-electron chi connectivity index (χ0n) is 16.4. The molecule has 0 radical (unpaired) electrons. The molecular formula is C20H22N4O6. The van der Waals surface area contributed by atoms with Gasteiger partial charge in [-0.1, -0.05) is 12.1 Å². The molecule has 0 atom stereocenters. The van der Waals surface area contributed by atoms with Crippen LogP contribution in [-0.4, -0.2) is 61.6 Å². The van der Waals surface area contributed by atoms with E-state index in [1.165, 1.54) is 12.1 Å². The lowest BCUT2D eigenvalue weighted by Gasteiger charge is -2.36. The molecule has 3 rings (SSSR count). The van der Waals surface area contributed by atoms with Crippen molar-refractivity contribution in [1.29, 1.82) is 0 Å². The fraction of sp³-hybridized carbons (Fsp3) is 0.300. The molecule has 2 aromatic carbocycles. The predicted molar refractivity (Wildman–Crippen MR) is 110 cm³/mol. The summed E-state index contributed by atoms with van der Waals surface area (Å²) >= 11 is 0. The van der Waals surface area contributed by atoms with E-state index in [0.717, 1.165) is 17.5 Å². The van der Waals surface area contributed by atoms with Crippen molar-refractivity contribution < 1.29 is 24.0 Å². The molecule has 1 aliphatic heterocycles. The van der Waals surface area contributed by atoms with E-state index in [9.17, 15) is 19.7 Å². The number of amides is 1. The first kappa shape index (κ1) is 20.9. The molecular weight excluding hydrogens is 392 g/mol. The van der Waals surface area contributed by atoms with Crippen LogP contribution in [0.2, 0.25) is 0 Å². The number of rotatable bonds is 6. The Bertz CT molecular complexity index is 956. The van der Waals surface area contributed by atoms with Crippen LogP contribution < -0.4 is 15.4 Å². The van der Waals surface area contributed by atoms with Gasteiger partial charge in [0.2, 0.25) is 0 Å². The minimum Gasteiger partial charge on any atom is -0.495 e. The van der Waals surface area contributed by atoms with Gasteiger partial charge in [-0.3, -0.25) is 14.9 Å². The minimum absolute atomic E-state index is 0.0449. The second kappa shape index (κ2) is 9.12. The molecule has 10 nitrogen and oxygen atoms in total. The SMILES string of the molecule is COc1ccccc1N1CCN(C(=O)COC(=O)c2cc([N+](=O)[O-])ccc2N)CC1. The maximum atomic E-state index is 12.4. The quantitative estimate of drug-likeness (QED) is 0.327. The highest BCUT2D eigenvalue weighted by atomic mass is 16.6. The number of benzene rings is 2. The van der Waals surface area contributed by atoms with Gasteiger partial charge in [-0.2, -0.15) is 0 Å². The number of ether oxygens (including phenoxy) is 2. The van der Waals surface area contributed by atoms with Crippen molar-refractivity contribution in [2.24, 2.45) is 0 Å². The van der Waals surface area contributed by atoms with Gasteiger partial charge in [0, 0.05) is 44.0 Å². The van der Waals surface area contributed by atoms with Crippen molar-refractivity contribution in [2.45, 2.75) is 0 Å². The Balaban J connectivity index is 1.55. The molecule has 0 saturated carbocycles. The van der Waals surface area contributed by atoms with Gasteiger partial charge >= 0.3 is 5.97 Å². The summed E-state index contributed by atoms with van der Waals surface area (Å²) < 4.78 is 10.4. The summed E-state index contributed by atoms with van der Waals surface area (Å²) in [5.41, 5.74) is 6.28. The second-order valence-corrected chi connectivity index (χ2v) is 6.64. The van der Waals surface area contributed by atoms with Crippen LogP contribution in [0.5, 0.6) is 5.75 Å². The number of methoxy groups -OCH3 is 1. The van der Waals surface area contributed by atoms with Crippen LogP contribution in [0.3, 0.4) is 0 Å². The fourth-order valence-corrected chi connectivity index (χ4v) is 3.22. The zero-order valence-corrected chi connectivity index (χ0v) is 16.4. The first-order chi connectivity index (χ1) is 14.4. The lowest BCUT2D eigenvalue weighted by molar-refractivity contribution is -0.384. The number of carbonyl (C=O) groups is 2. The van der Waals surface area contributed by atoms with Crippen LogP contribution in [0, 0.1) is 10.1 Å². The predicted octanol–water partition coefficient (Wildman–Crippen LogP) is 1.69. The number of esters is 1. The summed E-state index contributed by atoms with van der Waals surface area (Å²) in [7, 11) is 1.61. The number of hydrogen-bond acceptors (Lipinski definition) is 8. The van der Waals surface area contributed by atoms with E-state index < -0.39 is 17.5 Å². The fourth-order valence-electron chi connectivity index (χ4n) is 3.22. The van der Waals surface area contributed by atoms with Gasteiger partial charge in [0.15, 0.2) is 6.61 Å². The maximum Gasteiger partial charge on any atom is 0.341 e. The molecule has 1 amide bonds. The van der Waals surface area contributed by atoms with Crippen LogP contribution in [-0.2, 0) is 9.53 Å². The van der Waals surface area contributed by atoms with Crippen LogP contribution in [0.1, 0.15) is 10.4 Å². The lowest BCUT2D eigenvalue weighted by Crippen LogP contribution is -2.50. The summed E-state index contributed by atoms with van der Waals surface area (Å²) in [5.74, 6) is -0.454. The van der Waals surface area contributed by atoms with Crippen LogP contribution in [0.4, 0.5) is 17.1 Å². The molecule has 1 aliphatic rings. The number of non-ortho nitro benzene ring substituents is 1. The van der Waals surface area contributed by atoms with Gasteiger partial charge in [0.05, 0.1) is 23.3 Å². The molecule has 1 heterocycles. The average Bonchev–Trinajstić information content (AvgIpc) is 2.77. The first-order valence-electron chi connectivity index (χ1n) is 9.27. The number of nitrogens with zero attached hydrogens (tertiary/aromatic N) is 3. The third-order valence-corrected chi connectivity index (χ3v) is 4.85. The highest BCUT2D eigenvalue weighted by Gasteiger charge is 2.24. The van der Waals surface area contributed by atoms with Gasteiger partial charge in [-0.05, 0) is 18.2 Å². The van der Waals surface area contributed by atoms with E-state index >= 15 is 0 Å². The molecule has 158 valence electrons. The molecule has 0 aromatic heterocycles. The van der Waals surface area contributed by atoms with E-state index in [4.69, 9.17) is 15.2 Å². The van der Waals surface area contributed by atoms with Gasteiger partial charge < -0.3 is 25.0 Å². The Morgan fingerprint density at radius 3 is 2.50 bits per heavy atom. The van der Waals surface area contributed by atoms with E-state index in [2.05, 4.69) is 4.90 Å². The second-order valence-electron chi connectivity index (χ2n) is 6.64. The van der Waals surface area contributed by atoms with Crippen molar-refractivity contribution in [1.82, 2.24) is 4.90 Å². The smallest absolute Gasteiger partial charge is 0.341 e. The Morgan fingerprint density at radius 1 is 1.13 bits per heavy atom. The van der Waals surface area contributed by atoms with Crippen molar-refractivity contribution in [3.63, 3.8) is 0 Å². The number of nitro benzene ring substituents is 1. The standard InChI is InChI=1S/C20H22N4O6/c1-29-18-5-3-2-4-17(18)22-8-10-23(11-9-22)19(25)13-30-20(26)15-12-14(24(27)28)6-7-16(15)21/h2-7,12H,8-11,13,21H2,1H3. The number of hydrogen-bond donors (Lipinski definition) is 1. The summed E-state index contributed by atoms with van der Waals surface area (Å²) in [6.45, 7) is 1.69. The highest BCUT2D eigenvalue weighted by Crippen LogP contribution is 2.28.